The molecule has 1 aromatic carbocycles. The van der Waals surface area contributed by atoms with Crippen molar-refractivity contribution < 1.29 is 18.0 Å². The van der Waals surface area contributed by atoms with Crippen LogP contribution in [-0.4, -0.2) is 20.7 Å². The Morgan fingerprint density at radius 2 is 1.90 bits per heavy atom. The predicted octanol–water partition coefficient (Wildman–Crippen LogP) is 4.10. The first-order valence-corrected chi connectivity index (χ1v) is 9.54. The second-order valence-electron chi connectivity index (χ2n) is 6.49. The van der Waals surface area contributed by atoms with Crippen LogP contribution in [0.3, 0.4) is 0 Å². The number of benzene rings is 1. The molecule has 0 fully saturated rings. The van der Waals surface area contributed by atoms with Gasteiger partial charge in [-0.25, -0.2) is 8.78 Å². The van der Waals surface area contributed by atoms with Crippen molar-refractivity contribution in [1.29, 1.82) is 0 Å². The van der Waals surface area contributed by atoms with Crippen LogP contribution in [0.1, 0.15) is 26.3 Å². The Balaban J connectivity index is 2.88. The maximum atomic E-state index is 13.6. The molecule has 0 aliphatic heterocycles. The summed E-state index contributed by atoms with van der Waals surface area (Å²) in [5.41, 5.74) is 0.167. The number of halogens is 2. The summed E-state index contributed by atoms with van der Waals surface area (Å²) in [6, 6.07) is 3.24. The van der Waals surface area contributed by atoms with Gasteiger partial charge in [0.25, 0.3) is 0 Å². The van der Waals surface area contributed by atoms with Crippen molar-refractivity contribution in [2.24, 2.45) is 0 Å². The Hall–Kier alpha value is -1.07. The number of rotatable bonds is 5. The van der Waals surface area contributed by atoms with Crippen LogP contribution in [-0.2, 0) is 15.6 Å². The fourth-order valence-corrected chi connectivity index (χ4v) is 2.84. The van der Waals surface area contributed by atoms with Crippen LogP contribution in [0.25, 0.3) is 0 Å². The monoisotopic (exact) mass is 300 g/mol. The van der Waals surface area contributed by atoms with E-state index in [1.807, 2.05) is 13.1 Å². The lowest BCUT2D eigenvalue weighted by atomic mass is 10.1. The van der Waals surface area contributed by atoms with Crippen LogP contribution in [0, 0.1) is 11.6 Å². The molecular formula is C15H22F2O2Si. The van der Waals surface area contributed by atoms with Crippen LogP contribution < -0.4 is 0 Å². The maximum Gasteiger partial charge on any atom is 0.193 e. The van der Waals surface area contributed by atoms with Crippen molar-refractivity contribution in [3.8, 4) is 0 Å². The lowest BCUT2D eigenvalue weighted by Crippen LogP contribution is -2.45. The van der Waals surface area contributed by atoms with E-state index in [4.69, 9.17) is 4.43 Å². The van der Waals surface area contributed by atoms with Gasteiger partial charge >= 0.3 is 0 Å². The highest BCUT2D eigenvalue weighted by atomic mass is 28.4. The van der Waals surface area contributed by atoms with Gasteiger partial charge in [0.15, 0.2) is 8.32 Å². The third-order valence-electron chi connectivity index (χ3n) is 3.83. The molecule has 0 radical (unpaired) electrons. The van der Waals surface area contributed by atoms with Crippen molar-refractivity contribution >= 4 is 14.6 Å². The van der Waals surface area contributed by atoms with Crippen molar-refractivity contribution in [1.82, 2.24) is 0 Å². The summed E-state index contributed by atoms with van der Waals surface area (Å²) in [6.45, 7) is 10.2. The molecule has 0 bridgehead atoms. The molecule has 112 valence electrons. The van der Waals surface area contributed by atoms with Gasteiger partial charge in [-0.1, -0.05) is 20.8 Å². The molecule has 5 heteroatoms. The second-order valence-corrected chi connectivity index (χ2v) is 11.2. The summed E-state index contributed by atoms with van der Waals surface area (Å²) in [5, 5.41) is -0.0469. The fourth-order valence-electron chi connectivity index (χ4n) is 1.59. The molecule has 0 aromatic heterocycles. The molecule has 1 atom stereocenters. The Morgan fingerprint density at radius 3 is 2.40 bits per heavy atom. The van der Waals surface area contributed by atoms with Gasteiger partial charge in [0.1, 0.15) is 24.0 Å². The van der Waals surface area contributed by atoms with E-state index in [0.717, 1.165) is 18.2 Å². The van der Waals surface area contributed by atoms with Gasteiger partial charge in [0.2, 0.25) is 0 Å². The molecule has 1 unspecified atom stereocenters. The highest BCUT2D eigenvalue weighted by Crippen LogP contribution is 2.37. The van der Waals surface area contributed by atoms with Gasteiger partial charge in [-0.3, -0.25) is 0 Å². The molecule has 0 aliphatic carbocycles. The molecular weight excluding hydrogens is 278 g/mol. The number of carbonyl (C=O) groups is 1. The average molecular weight is 300 g/mol. The summed E-state index contributed by atoms with van der Waals surface area (Å²) in [4.78, 5) is 11.2. The minimum atomic E-state index is -2.12. The fraction of sp³-hybridized carbons (Fsp3) is 0.533. The van der Waals surface area contributed by atoms with Gasteiger partial charge in [-0.05, 0) is 41.9 Å². The van der Waals surface area contributed by atoms with E-state index in [2.05, 4.69) is 20.8 Å². The Bertz CT molecular complexity index is 481. The molecule has 0 aliphatic rings. The van der Waals surface area contributed by atoms with E-state index < -0.39 is 26.1 Å². The van der Waals surface area contributed by atoms with Crippen LogP contribution in [0.5, 0.6) is 0 Å². The average Bonchev–Trinajstić information content (AvgIpc) is 2.31. The predicted molar refractivity (Wildman–Crippen MR) is 78.2 cm³/mol. The summed E-state index contributed by atoms with van der Waals surface area (Å²) in [7, 11) is -2.12. The third kappa shape index (κ3) is 4.21. The standard InChI is InChI=1S/C15H22F2O2Si/c1-15(2,3)20(4,5)19-13(10-18)9-11-8-12(16)6-7-14(11)17/h6-8,10,13H,9H2,1-5H3. The number of aldehydes is 1. The zero-order valence-electron chi connectivity index (χ0n) is 12.7. The van der Waals surface area contributed by atoms with Crippen LogP contribution in [0.2, 0.25) is 18.1 Å². The maximum absolute atomic E-state index is 13.6. The first kappa shape index (κ1) is 17.0. The van der Waals surface area contributed by atoms with Crippen LogP contribution in [0.15, 0.2) is 18.2 Å². The van der Waals surface area contributed by atoms with Crippen molar-refractivity contribution in [3.05, 3.63) is 35.4 Å². The van der Waals surface area contributed by atoms with E-state index in [9.17, 15) is 13.6 Å². The Kier molecular flexibility index (Phi) is 5.21. The molecule has 20 heavy (non-hydrogen) atoms. The molecule has 0 amide bonds. The van der Waals surface area contributed by atoms with Crippen LogP contribution in [0.4, 0.5) is 8.78 Å². The molecule has 1 aromatic rings. The highest BCUT2D eigenvalue weighted by Gasteiger charge is 2.39. The highest BCUT2D eigenvalue weighted by molar-refractivity contribution is 6.74. The lowest BCUT2D eigenvalue weighted by molar-refractivity contribution is -0.114. The Morgan fingerprint density at radius 1 is 1.30 bits per heavy atom. The second kappa shape index (κ2) is 6.14. The lowest BCUT2D eigenvalue weighted by Gasteiger charge is -2.38. The topological polar surface area (TPSA) is 26.3 Å². The molecule has 0 saturated carbocycles. The zero-order chi connectivity index (χ0) is 15.6. The van der Waals surface area contributed by atoms with Crippen molar-refractivity contribution in [2.45, 2.75) is 51.4 Å². The normalized spacial score (nSPS) is 14.2. The van der Waals surface area contributed by atoms with E-state index in [1.54, 1.807) is 0 Å². The van der Waals surface area contributed by atoms with E-state index >= 15 is 0 Å². The third-order valence-corrected chi connectivity index (χ3v) is 8.34. The number of hydrogen-bond acceptors (Lipinski definition) is 2. The van der Waals surface area contributed by atoms with Crippen LogP contribution >= 0.6 is 0 Å². The molecule has 0 spiro atoms. The molecule has 1 rings (SSSR count). The van der Waals surface area contributed by atoms with E-state index in [-0.39, 0.29) is 17.0 Å². The number of carbonyl (C=O) groups excluding carboxylic acids is 1. The summed E-state index contributed by atoms with van der Waals surface area (Å²) in [6.07, 6.45) is -0.0167. The van der Waals surface area contributed by atoms with Gasteiger partial charge in [0, 0.05) is 6.42 Å². The molecule has 0 heterocycles. The van der Waals surface area contributed by atoms with Gasteiger partial charge in [0.05, 0.1) is 0 Å². The van der Waals surface area contributed by atoms with Crippen molar-refractivity contribution in [3.63, 3.8) is 0 Å². The minimum Gasteiger partial charge on any atom is -0.407 e. The SMILES string of the molecule is CC(C)(C)[Si](C)(C)OC(C=O)Cc1cc(F)ccc1F. The van der Waals surface area contributed by atoms with Gasteiger partial charge in [-0.15, -0.1) is 0 Å². The van der Waals surface area contributed by atoms with E-state index in [1.165, 1.54) is 0 Å². The first-order valence-electron chi connectivity index (χ1n) is 6.64. The van der Waals surface area contributed by atoms with Crippen molar-refractivity contribution in [2.75, 3.05) is 0 Å². The summed E-state index contributed by atoms with van der Waals surface area (Å²) in [5.74, 6) is -1.03. The van der Waals surface area contributed by atoms with Gasteiger partial charge < -0.3 is 9.22 Å². The quantitative estimate of drug-likeness (QED) is 0.604. The Labute approximate surface area is 120 Å². The zero-order valence-corrected chi connectivity index (χ0v) is 13.7. The molecule has 2 nitrogen and oxygen atoms in total. The smallest absolute Gasteiger partial charge is 0.193 e. The largest absolute Gasteiger partial charge is 0.407 e. The number of hydrogen-bond donors (Lipinski definition) is 0. The molecule has 0 N–H and O–H groups in total. The first-order chi connectivity index (χ1) is 9.06. The minimum absolute atomic E-state index is 0.0469. The van der Waals surface area contributed by atoms with E-state index in [0.29, 0.717) is 6.29 Å². The molecule has 0 saturated heterocycles. The summed E-state index contributed by atoms with van der Waals surface area (Å²) < 4.78 is 32.7. The summed E-state index contributed by atoms with van der Waals surface area (Å²) >= 11 is 0. The van der Waals surface area contributed by atoms with Gasteiger partial charge in [-0.2, -0.15) is 0 Å².